The molecule has 1 atom stereocenters. The quantitative estimate of drug-likeness (QED) is 0.841. The van der Waals surface area contributed by atoms with Crippen molar-refractivity contribution in [2.24, 2.45) is 5.92 Å². The minimum absolute atomic E-state index is 0.261. The van der Waals surface area contributed by atoms with Gasteiger partial charge in [0.05, 0.1) is 5.92 Å². The van der Waals surface area contributed by atoms with E-state index in [0.29, 0.717) is 0 Å². The highest BCUT2D eigenvalue weighted by molar-refractivity contribution is 5.76. The lowest BCUT2D eigenvalue weighted by Gasteiger charge is -2.28. The third-order valence-electron chi connectivity index (χ3n) is 3.56. The van der Waals surface area contributed by atoms with Gasteiger partial charge in [0.25, 0.3) is 0 Å². The molecule has 0 bridgehead atoms. The van der Waals surface area contributed by atoms with Gasteiger partial charge in [0.1, 0.15) is 0 Å². The minimum Gasteiger partial charge on any atom is -0.481 e. The number of nitrogens with one attached hydrogen (secondary N) is 1. The number of hydrogen-bond acceptors (Lipinski definition) is 2. The van der Waals surface area contributed by atoms with Gasteiger partial charge in [-0.1, -0.05) is 29.8 Å². The van der Waals surface area contributed by atoms with Crippen LogP contribution in [-0.4, -0.2) is 24.2 Å². The fraction of sp³-hybridized carbons (Fsp3) is 0.500. The summed E-state index contributed by atoms with van der Waals surface area (Å²) in [6, 6.07) is 7.89. The van der Waals surface area contributed by atoms with Crippen molar-refractivity contribution in [3.05, 3.63) is 35.4 Å². The van der Waals surface area contributed by atoms with Crippen molar-refractivity contribution >= 4 is 5.97 Å². The fourth-order valence-electron chi connectivity index (χ4n) is 2.57. The second kappa shape index (κ2) is 5.32. The standard InChI is InChI=1S/C14H19NO2/c1-10-2-4-11(5-3-10)13(14(16)17)12-6-8-15-9-7-12/h2-5,12-13,15H,6-9H2,1H3,(H,16,17). The summed E-state index contributed by atoms with van der Waals surface area (Å²) in [6.45, 7) is 3.88. The molecule has 1 aliphatic heterocycles. The first-order valence-electron chi connectivity index (χ1n) is 6.18. The van der Waals surface area contributed by atoms with Crippen LogP contribution in [0, 0.1) is 12.8 Å². The van der Waals surface area contributed by atoms with Gasteiger partial charge in [0.15, 0.2) is 0 Å². The Morgan fingerprint density at radius 3 is 2.41 bits per heavy atom. The number of carboxylic acids is 1. The Morgan fingerprint density at radius 1 is 1.29 bits per heavy atom. The fourth-order valence-corrected chi connectivity index (χ4v) is 2.57. The lowest BCUT2D eigenvalue weighted by Crippen LogP contribution is -2.33. The Bertz CT molecular complexity index is 380. The van der Waals surface area contributed by atoms with E-state index in [2.05, 4.69) is 5.32 Å². The average Bonchev–Trinajstić information content (AvgIpc) is 2.33. The van der Waals surface area contributed by atoms with Gasteiger partial charge in [-0.3, -0.25) is 4.79 Å². The van der Waals surface area contributed by atoms with Crippen molar-refractivity contribution in [2.45, 2.75) is 25.7 Å². The molecule has 0 saturated carbocycles. The van der Waals surface area contributed by atoms with E-state index in [9.17, 15) is 9.90 Å². The third-order valence-corrected chi connectivity index (χ3v) is 3.56. The summed E-state index contributed by atoms with van der Waals surface area (Å²) in [7, 11) is 0. The van der Waals surface area contributed by atoms with E-state index in [1.807, 2.05) is 31.2 Å². The van der Waals surface area contributed by atoms with Crippen LogP contribution in [0.3, 0.4) is 0 Å². The smallest absolute Gasteiger partial charge is 0.311 e. The van der Waals surface area contributed by atoms with E-state index >= 15 is 0 Å². The van der Waals surface area contributed by atoms with Gasteiger partial charge in [0.2, 0.25) is 0 Å². The van der Waals surface area contributed by atoms with Gasteiger partial charge < -0.3 is 10.4 Å². The lowest BCUT2D eigenvalue weighted by molar-refractivity contribution is -0.140. The lowest BCUT2D eigenvalue weighted by atomic mass is 9.80. The molecule has 0 amide bonds. The number of aryl methyl sites for hydroxylation is 1. The molecule has 1 aliphatic rings. The van der Waals surface area contributed by atoms with Crippen molar-refractivity contribution in [3.63, 3.8) is 0 Å². The van der Waals surface area contributed by atoms with Crippen LogP contribution >= 0.6 is 0 Å². The van der Waals surface area contributed by atoms with Crippen molar-refractivity contribution in [3.8, 4) is 0 Å². The molecular weight excluding hydrogens is 214 g/mol. The first kappa shape index (κ1) is 12.1. The van der Waals surface area contributed by atoms with Gasteiger partial charge in [0, 0.05) is 0 Å². The summed E-state index contributed by atoms with van der Waals surface area (Å²) < 4.78 is 0. The van der Waals surface area contributed by atoms with Crippen LogP contribution in [0.1, 0.15) is 29.9 Å². The predicted molar refractivity (Wildman–Crippen MR) is 67.1 cm³/mol. The first-order valence-corrected chi connectivity index (χ1v) is 6.18. The van der Waals surface area contributed by atoms with Crippen LogP contribution < -0.4 is 5.32 Å². The molecule has 3 heteroatoms. The van der Waals surface area contributed by atoms with Gasteiger partial charge in [-0.05, 0) is 44.3 Å². The van der Waals surface area contributed by atoms with Gasteiger partial charge in [-0.15, -0.1) is 0 Å². The summed E-state index contributed by atoms with van der Waals surface area (Å²) in [5.74, 6) is -0.782. The Morgan fingerprint density at radius 2 is 1.88 bits per heavy atom. The Hall–Kier alpha value is -1.35. The molecule has 1 fully saturated rings. The molecule has 2 N–H and O–H groups in total. The molecule has 1 aromatic rings. The predicted octanol–water partition coefficient (Wildman–Crippen LogP) is 2.16. The van der Waals surface area contributed by atoms with E-state index in [1.54, 1.807) is 0 Å². The molecule has 0 spiro atoms. The Balaban J connectivity index is 2.21. The molecule has 17 heavy (non-hydrogen) atoms. The Kier molecular flexibility index (Phi) is 3.79. The van der Waals surface area contributed by atoms with Crippen molar-refractivity contribution < 1.29 is 9.90 Å². The van der Waals surface area contributed by atoms with Crippen LogP contribution in [-0.2, 0) is 4.79 Å². The summed E-state index contributed by atoms with van der Waals surface area (Å²) in [6.07, 6.45) is 1.90. The van der Waals surface area contributed by atoms with Gasteiger partial charge in [-0.2, -0.15) is 0 Å². The number of carbonyl (C=O) groups is 1. The highest BCUT2D eigenvalue weighted by Gasteiger charge is 2.30. The maximum absolute atomic E-state index is 11.5. The molecule has 2 rings (SSSR count). The maximum Gasteiger partial charge on any atom is 0.311 e. The highest BCUT2D eigenvalue weighted by Crippen LogP contribution is 2.31. The van der Waals surface area contributed by atoms with E-state index in [1.165, 1.54) is 5.56 Å². The van der Waals surface area contributed by atoms with E-state index in [-0.39, 0.29) is 11.8 Å². The second-order valence-corrected chi connectivity index (χ2v) is 4.81. The van der Waals surface area contributed by atoms with Crippen molar-refractivity contribution in [2.75, 3.05) is 13.1 Å². The molecule has 3 nitrogen and oxygen atoms in total. The third kappa shape index (κ3) is 2.86. The molecule has 0 radical (unpaired) electrons. The Labute approximate surface area is 102 Å². The van der Waals surface area contributed by atoms with Crippen molar-refractivity contribution in [1.29, 1.82) is 0 Å². The summed E-state index contributed by atoms with van der Waals surface area (Å²) >= 11 is 0. The number of piperidine rings is 1. The average molecular weight is 233 g/mol. The summed E-state index contributed by atoms with van der Waals surface area (Å²) in [4.78, 5) is 11.5. The van der Waals surface area contributed by atoms with Gasteiger partial charge >= 0.3 is 5.97 Å². The molecule has 1 unspecified atom stereocenters. The van der Waals surface area contributed by atoms with Crippen molar-refractivity contribution in [1.82, 2.24) is 5.32 Å². The summed E-state index contributed by atoms with van der Waals surface area (Å²) in [5.41, 5.74) is 2.11. The molecular formula is C14H19NO2. The van der Waals surface area contributed by atoms with E-state index < -0.39 is 5.97 Å². The monoisotopic (exact) mass is 233 g/mol. The largest absolute Gasteiger partial charge is 0.481 e. The zero-order valence-corrected chi connectivity index (χ0v) is 10.1. The van der Waals surface area contributed by atoms with Crippen LogP contribution in [0.25, 0.3) is 0 Å². The minimum atomic E-state index is -0.694. The van der Waals surface area contributed by atoms with Crippen LogP contribution in [0.4, 0.5) is 0 Å². The number of hydrogen-bond donors (Lipinski definition) is 2. The SMILES string of the molecule is Cc1ccc(C(C(=O)O)C2CCNCC2)cc1. The molecule has 92 valence electrons. The molecule has 1 heterocycles. The highest BCUT2D eigenvalue weighted by atomic mass is 16.4. The summed E-state index contributed by atoms with van der Waals surface area (Å²) in [5, 5.41) is 12.7. The molecule has 0 aliphatic carbocycles. The zero-order chi connectivity index (χ0) is 12.3. The molecule has 1 saturated heterocycles. The zero-order valence-electron chi connectivity index (χ0n) is 10.1. The number of aliphatic carboxylic acids is 1. The molecule has 1 aromatic carbocycles. The van der Waals surface area contributed by atoms with Gasteiger partial charge in [-0.25, -0.2) is 0 Å². The number of benzene rings is 1. The van der Waals surface area contributed by atoms with Crippen LogP contribution in [0.2, 0.25) is 0 Å². The normalized spacial score (nSPS) is 18.9. The molecule has 0 aromatic heterocycles. The van der Waals surface area contributed by atoms with E-state index in [4.69, 9.17) is 0 Å². The van der Waals surface area contributed by atoms with Crippen LogP contribution in [0.15, 0.2) is 24.3 Å². The maximum atomic E-state index is 11.5. The topological polar surface area (TPSA) is 49.3 Å². The van der Waals surface area contributed by atoms with E-state index in [0.717, 1.165) is 31.5 Å². The number of carboxylic acid groups (broad SMARTS) is 1. The second-order valence-electron chi connectivity index (χ2n) is 4.81. The first-order chi connectivity index (χ1) is 8.18. The van der Waals surface area contributed by atoms with Crippen LogP contribution in [0.5, 0.6) is 0 Å². The number of rotatable bonds is 3.